The van der Waals surface area contributed by atoms with Crippen LogP contribution in [0.4, 0.5) is 0 Å². The Morgan fingerprint density at radius 3 is 2.60 bits per heavy atom. The van der Waals surface area contributed by atoms with Crippen LogP contribution in [0.25, 0.3) is 0 Å². The van der Waals surface area contributed by atoms with Gasteiger partial charge < -0.3 is 13.9 Å². The number of H-pyrrole nitrogens is 1. The average molecular weight is 371 g/mol. The minimum Gasteiger partial charge on any atom is -0.411 e. The van der Waals surface area contributed by atoms with Gasteiger partial charge in [-0.1, -0.05) is 20.8 Å². The number of methoxy groups -OCH3 is 1. The third-order valence-corrected chi connectivity index (χ3v) is 9.89. The van der Waals surface area contributed by atoms with Crippen LogP contribution in [-0.4, -0.2) is 37.4 Å². The van der Waals surface area contributed by atoms with Gasteiger partial charge in [0.25, 0.3) is 5.56 Å². The Labute approximate surface area is 149 Å². The molecule has 1 fully saturated rings. The molecule has 1 aliphatic heterocycles. The number of hydrogen-bond donors (Lipinski definition) is 1. The van der Waals surface area contributed by atoms with E-state index in [0.29, 0.717) is 25.0 Å². The van der Waals surface area contributed by atoms with Crippen molar-refractivity contribution >= 4 is 8.32 Å². The van der Waals surface area contributed by atoms with Gasteiger partial charge in [-0.3, -0.25) is 14.3 Å². The maximum atomic E-state index is 12.1. The quantitative estimate of drug-likeness (QED) is 0.805. The molecule has 0 spiro atoms. The van der Waals surface area contributed by atoms with E-state index in [0.717, 1.165) is 0 Å². The highest BCUT2D eigenvalue weighted by Gasteiger charge is 2.45. The summed E-state index contributed by atoms with van der Waals surface area (Å²) in [5.41, 5.74) is -0.382. The Balaban J connectivity index is 2.17. The molecule has 2 rings (SSSR count). The first-order valence-corrected chi connectivity index (χ1v) is 11.5. The summed E-state index contributed by atoms with van der Waals surface area (Å²) < 4.78 is 19.4. The van der Waals surface area contributed by atoms with Crippen molar-refractivity contribution in [2.75, 3.05) is 13.7 Å². The molecule has 1 N–H and O–H groups in total. The van der Waals surface area contributed by atoms with E-state index in [1.54, 1.807) is 14.0 Å². The minimum atomic E-state index is -1.94. The summed E-state index contributed by atoms with van der Waals surface area (Å²) in [6.45, 7) is 12.9. The smallest absolute Gasteiger partial charge is 0.330 e. The van der Waals surface area contributed by atoms with Crippen LogP contribution in [0.15, 0.2) is 15.8 Å². The van der Waals surface area contributed by atoms with E-state index >= 15 is 0 Å². The van der Waals surface area contributed by atoms with Crippen LogP contribution in [0.5, 0.6) is 0 Å². The predicted molar refractivity (Wildman–Crippen MR) is 98.3 cm³/mol. The normalized spacial score (nSPS) is 24.7. The summed E-state index contributed by atoms with van der Waals surface area (Å²) in [6, 6.07) is 0. The Kier molecular flexibility index (Phi) is 5.49. The Morgan fingerprint density at radius 1 is 1.40 bits per heavy atom. The highest BCUT2D eigenvalue weighted by molar-refractivity contribution is 6.74. The van der Waals surface area contributed by atoms with Gasteiger partial charge in [-0.15, -0.1) is 0 Å². The van der Waals surface area contributed by atoms with Crippen LogP contribution in [0.3, 0.4) is 0 Å². The van der Waals surface area contributed by atoms with Gasteiger partial charge in [-0.05, 0) is 31.5 Å². The number of aryl methyl sites for hydroxylation is 1. The fourth-order valence-electron chi connectivity index (χ4n) is 2.53. The second kappa shape index (κ2) is 6.83. The Morgan fingerprint density at radius 2 is 2.04 bits per heavy atom. The third-order valence-electron chi connectivity index (χ3n) is 5.41. The van der Waals surface area contributed by atoms with Crippen molar-refractivity contribution in [2.45, 2.75) is 70.7 Å². The van der Waals surface area contributed by atoms with Crippen molar-refractivity contribution < 1.29 is 13.9 Å². The van der Waals surface area contributed by atoms with Crippen LogP contribution in [0.1, 0.15) is 45.4 Å². The lowest BCUT2D eigenvalue weighted by Gasteiger charge is -2.39. The van der Waals surface area contributed by atoms with E-state index in [2.05, 4.69) is 38.8 Å². The highest BCUT2D eigenvalue weighted by atomic mass is 28.4. The number of rotatable bonds is 5. The van der Waals surface area contributed by atoms with Gasteiger partial charge >= 0.3 is 5.69 Å². The van der Waals surface area contributed by atoms with E-state index in [-0.39, 0.29) is 10.6 Å². The third kappa shape index (κ3) is 4.13. The molecule has 0 bridgehead atoms. The molecule has 2 atom stereocenters. The maximum absolute atomic E-state index is 12.1. The van der Waals surface area contributed by atoms with E-state index < -0.39 is 26.0 Å². The van der Waals surface area contributed by atoms with Gasteiger partial charge in [0.2, 0.25) is 0 Å². The number of nitrogens with one attached hydrogen (secondary N) is 1. The average Bonchev–Trinajstić information content (AvgIpc) is 2.93. The molecule has 0 amide bonds. The van der Waals surface area contributed by atoms with Crippen LogP contribution >= 0.6 is 0 Å². The van der Waals surface area contributed by atoms with E-state index in [1.165, 1.54) is 10.8 Å². The maximum Gasteiger partial charge on any atom is 0.330 e. The molecule has 1 aliphatic rings. The van der Waals surface area contributed by atoms with Crippen LogP contribution in [0, 0.1) is 6.92 Å². The number of ether oxygens (including phenoxy) is 2. The lowest BCUT2D eigenvalue weighted by molar-refractivity contribution is -0.240. The van der Waals surface area contributed by atoms with Crippen molar-refractivity contribution in [2.24, 2.45) is 0 Å². The molecule has 2 heterocycles. The monoisotopic (exact) mass is 370 g/mol. The van der Waals surface area contributed by atoms with Gasteiger partial charge in [0.1, 0.15) is 6.23 Å². The first kappa shape index (κ1) is 20.1. The van der Waals surface area contributed by atoms with E-state index in [1.807, 2.05) is 0 Å². The fourth-order valence-corrected chi connectivity index (χ4v) is 3.54. The molecular weight excluding hydrogens is 340 g/mol. The SMILES string of the molecule is CO[C@]1(CO[Si](C)(C)C(C)(C)C)CC[C@@H](n2cc(C)c(=O)[nH]c2=O)O1. The zero-order valence-corrected chi connectivity index (χ0v) is 17.3. The van der Waals surface area contributed by atoms with E-state index in [4.69, 9.17) is 13.9 Å². The standard InChI is InChI=1S/C17H30N2O5Si/c1-12-10-19(15(21)18-14(12)20)13-8-9-17(22-5,24-13)11-23-25(6,7)16(2,3)4/h10,13H,8-9,11H2,1-7H3,(H,18,20,21)/t13-,17+/m0/s1. The number of aromatic amines is 1. The van der Waals surface area contributed by atoms with Crippen LogP contribution in [-0.2, 0) is 13.9 Å². The zero-order chi connectivity index (χ0) is 19.0. The molecular formula is C17H30N2O5Si. The molecule has 142 valence electrons. The number of hydrogen-bond acceptors (Lipinski definition) is 5. The molecule has 1 aromatic rings. The van der Waals surface area contributed by atoms with Crippen molar-refractivity contribution in [3.05, 3.63) is 32.6 Å². The van der Waals surface area contributed by atoms with Crippen molar-refractivity contribution in [1.82, 2.24) is 9.55 Å². The minimum absolute atomic E-state index is 0.0902. The van der Waals surface area contributed by atoms with Crippen LogP contribution in [0.2, 0.25) is 18.1 Å². The van der Waals surface area contributed by atoms with Crippen molar-refractivity contribution in [1.29, 1.82) is 0 Å². The summed E-state index contributed by atoms with van der Waals surface area (Å²) in [5, 5.41) is 0.0902. The molecule has 0 saturated carbocycles. The van der Waals surface area contributed by atoms with Crippen molar-refractivity contribution in [3.63, 3.8) is 0 Å². The Bertz CT molecular complexity index is 734. The molecule has 1 aromatic heterocycles. The summed E-state index contributed by atoms with van der Waals surface area (Å²) in [4.78, 5) is 25.9. The fraction of sp³-hybridized carbons (Fsp3) is 0.765. The molecule has 1 saturated heterocycles. The Hall–Kier alpha value is -1.22. The predicted octanol–water partition coefficient (Wildman–Crippen LogP) is 2.52. The largest absolute Gasteiger partial charge is 0.411 e. The second-order valence-electron chi connectivity index (χ2n) is 8.25. The zero-order valence-electron chi connectivity index (χ0n) is 16.3. The van der Waals surface area contributed by atoms with Gasteiger partial charge in [0.15, 0.2) is 14.1 Å². The van der Waals surface area contributed by atoms with Gasteiger partial charge in [-0.25, -0.2) is 4.79 Å². The molecule has 0 unspecified atom stereocenters. The first-order valence-electron chi connectivity index (χ1n) is 8.60. The summed E-state index contributed by atoms with van der Waals surface area (Å²) in [5.74, 6) is -0.871. The lowest BCUT2D eigenvalue weighted by atomic mass is 10.2. The summed E-state index contributed by atoms with van der Waals surface area (Å²) in [6.07, 6.45) is 2.28. The molecule has 0 aromatic carbocycles. The van der Waals surface area contributed by atoms with E-state index in [9.17, 15) is 9.59 Å². The number of nitrogens with zero attached hydrogens (tertiary/aromatic N) is 1. The lowest BCUT2D eigenvalue weighted by Crippen LogP contribution is -2.47. The molecule has 0 aliphatic carbocycles. The summed E-state index contributed by atoms with van der Waals surface area (Å²) >= 11 is 0. The molecule has 8 heteroatoms. The van der Waals surface area contributed by atoms with Crippen LogP contribution < -0.4 is 11.2 Å². The van der Waals surface area contributed by atoms with Gasteiger partial charge in [-0.2, -0.15) is 0 Å². The topological polar surface area (TPSA) is 82.5 Å². The molecule has 7 nitrogen and oxygen atoms in total. The molecule has 0 radical (unpaired) electrons. The first-order chi connectivity index (χ1) is 11.4. The number of aromatic nitrogens is 2. The van der Waals surface area contributed by atoms with Crippen molar-refractivity contribution in [3.8, 4) is 0 Å². The van der Waals surface area contributed by atoms with Gasteiger partial charge in [0, 0.05) is 25.3 Å². The highest BCUT2D eigenvalue weighted by Crippen LogP contribution is 2.41. The molecule has 25 heavy (non-hydrogen) atoms. The second-order valence-corrected chi connectivity index (χ2v) is 13.1. The van der Waals surface area contributed by atoms with Gasteiger partial charge in [0.05, 0.1) is 6.61 Å². The summed E-state index contributed by atoms with van der Waals surface area (Å²) in [7, 11) is -0.345.